The van der Waals surface area contributed by atoms with Crippen LogP contribution < -0.4 is 4.90 Å². The quantitative estimate of drug-likeness (QED) is 0.384. The van der Waals surface area contributed by atoms with E-state index in [9.17, 15) is 9.59 Å². The van der Waals surface area contributed by atoms with E-state index in [0.29, 0.717) is 16.6 Å². The molecular formula is C20H14ClN3O3. The van der Waals surface area contributed by atoms with E-state index < -0.39 is 18.5 Å². The van der Waals surface area contributed by atoms with Crippen molar-refractivity contribution in [3.63, 3.8) is 0 Å². The lowest BCUT2D eigenvalue weighted by molar-refractivity contribution is -0.121. The summed E-state index contributed by atoms with van der Waals surface area (Å²) in [5.74, 6) is -1.19. The van der Waals surface area contributed by atoms with Gasteiger partial charge in [0.1, 0.15) is 11.7 Å². The monoisotopic (exact) mass is 379 g/mol. The number of esters is 1. The summed E-state index contributed by atoms with van der Waals surface area (Å²) in [4.78, 5) is 30.4. The van der Waals surface area contributed by atoms with Crippen LogP contribution in [-0.4, -0.2) is 30.0 Å². The number of aromatic nitrogens is 1. The Labute approximate surface area is 160 Å². The third-order valence-electron chi connectivity index (χ3n) is 3.83. The SMILES string of the molecule is N#CCN(C(=O)COC(=O)c1cc(Cl)nc2ccccc12)c1ccccc1. The number of rotatable bonds is 5. The zero-order valence-electron chi connectivity index (χ0n) is 14.1. The van der Waals surface area contributed by atoms with Gasteiger partial charge in [0, 0.05) is 11.1 Å². The Morgan fingerprint density at radius 2 is 1.81 bits per heavy atom. The van der Waals surface area contributed by atoms with Gasteiger partial charge in [-0.2, -0.15) is 5.26 Å². The predicted octanol–water partition coefficient (Wildman–Crippen LogP) is 3.60. The van der Waals surface area contributed by atoms with Crippen molar-refractivity contribution in [2.45, 2.75) is 0 Å². The number of carbonyl (C=O) groups excluding carboxylic acids is 2. The van der Waals surface area contributed by atoms with E-state index in [4.69, 9.17) is 21.6 Å². The Hall–Kier alpha value is -3.43. The Bertz CT molecular complexity index is 1030. The first-order valence-corrected chi connectivity index (χ1v) is 8.42. The topological polar surface area (TPSA) is 83.3 Å². The minimum atomic E-state index is -0.686. The molecule has 0 N–H and O–H groups in total. The van der Waals surface area contributed by atoms with Gasteiger partial charge in [0.15, 0.2) is 6.61 Å². The molecule has 0 aliphatic carbocycles. The van der Waals surface area contributed by atoms with Crippen LogP contribution in [0.2, 0.25) is 5.15 Å². The Kier molecular flexibility index (Phi) is 5.64. The molecule has 0 radical (unpaired) electrons. The fraction of sp³-hybridized carbons (Fsp3) is 0.100. The molecule has 0 spiro atoms. The maximum Gasteiger partial charge on any atom is 0.339 e. The molecule has 0 fully saturated rings. The standard InChI is InChI=1S/C20H14ClN3O3/c21-18-12-16(15-8-4-5-9-17(15)23-18)20(26)27-13-19(25)24(11-10-22)14-6-2-1-3-7-14/h1-9,12H,11,13H2. The van der Waals surface area contributed by atoms with Gasteiger partial charge in [0.2, 0.25) is 0 Å². The number of amides is 1. The summed E-state index contributed by atoms with van der Waals surface area (Å²) in [6.07, 6.45) is 0. The first-order valence-electron chi connectivity index (χ1n) is 8.05. The van der Waals surface area contributed by atoms with Crippen LogP contribution in [0.25, 0.3) is 10.9 Å². The Morgan fingerprint density at radius 1 is 1.11 bits per heavy atom. The summed E-state index contributed by atoms with van der Waals surface area (Å²) >= 11 is 5.97. The molecule has 0 aliphatic heterocycles. The zero-order chi connectivity index (χ0) is 19.2. The van der Waals surface area contributed by atoms with E-state index >= 15 is 0 Å². The van der Waals surface area contributed by atoms with Crippen molar-refractivity contribution in [1.29, 1.82) is 5.26 Å². The highest BCUT2D eigenvalue weighted by atomic mass is 35.5. The molecule has 1 aromatic heterocycles. The van der Waals surface area contributed by atoms with Crippen molar-refractivity contribution < 1.29 is 14.3 Å². The van der Waals surface area contributed by atoms with Crippen molar-refractivity contribution in [1.82, 2.24) is 4.98 Å². The molecule has 27 heavy (non-hydrogen) atoms. The molecule has 0 atom stereocenters. The molecule has 3 aromatic rings. The fourth-order valence-electron chi connectivity index (χ4n) is 2.60. The van der Waals surface area contributed by atoms with Crippen molar-refractivity contribution in [3.05, 3.63) is 71.4 Å². The first kappa shape index (κ1) is 18.4. The Balaban J connectivity index is 1.77. The van der Waals surface area contributed by atoms with Crippen molar-refractivity contribution >= 4 is 40.1 Å². The van der Waals surface area contributed by atoms with Gasteiger partial charge in [0.25, 0.3) is 5.91 Å². The van der Waals surface area contributed by atoms with Gasteiger partial charge < -0.3 is 4.74 Å². The third kappa shape index (κ3) is 4.22. The van der Waals surface area contributed by atoms with Crippen LogP contribution in [0, 0.1) is 11.3 Å². The highest BCUT2D eigenvalue weighted by molar-refractivity contribution is 6.30. The molecular weight excluding hydrogens is 366 g/mol. The number of nitriles is 1. The van der Waals surface area contributed by atoms with E-state index in [1.54, 1.807) is 54.6 Å². The largest absolute Gasteiger partial charge is 0.452 e. The summed E-state index contributed by atoms with van der Waals surface area (Å²) < 4.78 is 5.18. The van der Waals surface area contributed by atoms with Crippen LogP contribution in [0.5, 0.6) is 0 Å². The predicted molar refractivity (Wildman–Crippen MR) is 101 cm³/mol. The summed E-state index contributed by atoms with van der Waals surface area (Å²) in [5.41, 5.74) is 1.33. The number of anilines is 1. The number of hydrogen-bond acceptors (Lipinski definition) is 5. The van der Waals surface area contributed by atoms with Crippen LogP contribution in [-0.2, 0) is 9.53 Å². The molecule has 2 aromatic carbocycles. The zero-order valence-corrected chi connectivity index (χ0v) is 14.9. The second-order valence-corrected chi connectivity index (χ2v) is 5.95. The highest BCUT2D eigenvalue weighted by Crippen LogP contribution is 2.21. The smallest absolute Gasteiger partial charge is 0.339 e. The van der Waals surface area contributed by atoms with E-state index in [1.807, 2.05) is 6.07 Å². The summed E-state index contributed by atoms with van der Waals surface area (Å²) in [7, 11) is 0. The minimum absolute atomic E-state index is 0.148. The maximum atomic E-state index is 12.5. The molecule has 3 rings (SSSR count). The van der Waals surface area contributed by atoms with E-state index in [0.717, 1.165) is 0 Å². The average Bonchev–Trinajstić information content (AvgIpc) is 2.70. The number of nitrogens with zero attached hydrogens (tertiary/aromatic N) is 3. The van der Waals surface area contributed by atoms with Crippen molar-refractivity contribution in [3.8, 4) is 6.07 Å². The lowest BCUT2D eigenvalue weighted by Crippen LogP contribution is -2.35. The first-order chi connectivity index (χ1) is 13.1. The molecule has 0 saturated carbocycles. The summed E-state index contributed by atoms with van der Waals surface area (Å²) in [6.45, 7) is -0.645. The Morgan fingerprint density at radius 3 is 2.56 bits per heavy atom. The molecule has 6 nitrogen and oxygen atoms in total. The van der Waals surface area contributed by atoms with Crippen LogP contribution in [0.1, 0.15) is 10.4 Å². The number of halogens is 1. The average molecular weight is 380 g/mol. The molecule has 0 unspecified atom stereocenters. The number of carbonyl (C=O) groups is 2. The van der Waals surface area contributed by atoms with Gasteiger partial charge in [-0.25, -0.2) is 9.78 Å². The molecule has 1 heterocycles. The van der Waals surface area contributed by atoms with Gasteiger partial charge in [-0.3, -0.25) is 9.69 Å². The maximum absolute atomic E-state index is 12.5. The fourth-order valence-corrected chi connectivity index (χ4v) is 2.80. The number of ether oxygens (including phenoxy) is 1. The number of para-hydroxylation sites is 2. The number of pyridine rings is 1. The van der Waals surface area contributed by atoms with Crippen molar-refractivity contribution in [2.75, 3.05) is 18.1 Å². The lowest BCUT2D eigenvalue weighted by Gasteiger charge is -2.19. The lowest BCUT2D eigenvalue weighted by atomic mass is 10.1. The number of fused-ring (bicyclic) bond motifs is 1. The van der Waals surface area contributed by atoms with E-state index in [-0.39, 0.29) is 17.3 Å². The number of benzene rings is 2. The molecule has 7 heteroatoms. The second kappa shape index (κ2) is 8.30. The molecule has 134 valence electrons. The highest BCUT2D eigenvalue weighted by Gasteiger charge is 2.19. The molecule has 0 aliphatic rings. The van der Waals surface area contributed by atoms with Gasteiger partial charge in [-0.05, 0) is 24.3 Å². The summed E-state index contributed by atoms with van der Waals surface area (Å²) in [5, 5.41) is 9.71. The molecule has 1 amide bonds. The van der Waals surface area contributed by atoms with Crippen LogP contribution in [0.4, 0.5) is 5.69 Å². The van der Waals surface area contributed by atoms with Gasteiger partial charge in [-0.1, -0.05) is 48.0 Å². The van der Waals surface area contributed by atoms with Gasteiger partial charge in [-0.15, -0.1) is 0 Å². The van der Waals surface area contributed by atoms with Crippen LogP contribution in [0.15, 0.2) is 60.7 Å². The van der Waals surface area contributed by atoms with E-state index in [2.05, 4.69) is 4.98 Å². The molecule has 0 saturated heterocycles. The van der Waals surface area contributed by atoms with Gasteiger partial charge >= 0.3 is 5.97 Å². The third-order valence-corrected chi connectivity index (χ3v) is 4.02. The van der Waals surface area contributed by atoms with Crippen LogP contribution in [0.3, 0.4) is 0 Å². The van der Waals surface area contributed by atoms with Crippen molar-refractivity contribution in [2.24, 2.45) is 0 Å². The summed E-state index contributed by atoms with van der Waals surface area (Å²) in [6, 6.07) is 19.1. The van der Waals surface area contributed by atoms with E-state index in [1.165, 1.54) is 11.0 Å². The van der Waals surface area contributed by atoms with Crippen LogP contribution >= 0.6 is 11.6 Å². The minimum Gasteiger partial charge on any atom is -0.452 e. The number of hydrogen-bond donors (Lipinski definition) is 0. The normalized spacial score (nSPS) is 10.2. The van der Waals surface area contributed by atoms with Gasteiger partial charge in [0.05, 0.1) is 17.1 Å². The second-order valence-electron chi connectivity index (χ2n) is 5.56. The molecule has 0 bridgehead atoms.